The number of hydrogen-bond donors (Lipinski definition) is 1. The molecule has 0 bridgehead atoms. The summed E-state index contributed by atoms with van der Waals surface area (Å²) >= 11 is 12.6. The molecule has 0 aromatic heterocycles. The minimum Gasteiger partial charge on any atom is -0.324 e. The lowest BCUT2D eigenvalue weighted by Gasteiger charge is -2.17. The van der Waals surface area contributed by atoms with Crippen LogP contribution >= 0.6 is 35.6 Å². The Morgan fingerprint density at radius 3 is 2.43 bits per heavy atom. The highest BCUT2D eigenvalue weighted by Crippen LogP contribution is 2.44. The van der Waals surface area contributed by atoms with Crippen LogP contribution in [0, 0.1) is 0 Å². The topological polar surface area (TPSA) is 69.7 Å². The van der Waals surface area contributed by atoms with Crippen LogP contribution < -0.4 is 10.2 Å². The summed E-state index contributed by atoms with van der Waals surface area (Å²) < 4.78 is 0.392. The van der Waals surface area contributed by atoms with Crippen molar-refractivity contribution in [1.29, 1.82) is 0 Å². The predicted molar refractivity (Wildman–Crippen MR) is 143 cm³/mol. The summed E-state index contributed by atoms with van der Waals surface area (Å²) in [5.41, 5.74) is 2.91. The molecule has 1 fully saturated rings. The average Bonchev–Trinajstić information content (AvgIpc) is 3.27. The summed E-state index contributed by atoms with van der Waals surface area (Å²) in [5.74, 6) is -1.10. The van der Waals surface area contributed by atoms with Crippen LogP contribution in [0.4, 0.5) is 11.4 Å². The van der Waals surface area contributed by atoms with Crippen molar-refractivity contribution in [3.05, 3.63) is 99.9 Å². The molecule has 0 atom stereocenters. The quantitative estimate of drug-likeness (QED) is 0.375. The summed E-state index contributed by atoms with van der Waals surface area (Å²) in [6, 6.07) is 23.4. The number of hydrogen-bond acceptors (Lipinski definition) is 5. The van der Waals surface area contributed by atoms with Gasteiger partial charge in [0.05, 0.1) is 22.7 Å². The minimum absolute atomic E-state index is 0.212. The number of benzene rings is 3. The molecule has 0 aliphatic carbocycles. The summed E-state index contributed by atoms with van der Waals surface area (Å²) in [7, 11) is 0. The Hall–Kier alpha value is -3.46. The molecule has 3 amide bonds. The number of nitrogens with one attached hydrogen (secondary N) is 1. The molecule has 6 nitrogen and oxygen atoms in total. The number of nitrogens with zero attached hydrogens (tertiary/aromatic N) is 2. The number of rotatable bonds is 5. The van der Waals surface area contributed by atoms with Crippen molar-refractivity contribution in [1.82, 2.24) is 4.90 Å². The third kappa shape index (κ3) is 4.60. The molecule has 9 heteroatoms. The fourth-order valence-corrected chi connectivity index (χ4v) is 5.54. The van der Waals surface area contributed by atoms with E-state index in [0.717, 1.165) is 17.3 Å². The number of fused-ring (bicyclic) bond motifs is 1. The van der Waals surface area contributed by atoms with Gasteiger partial charge in [-0.05, 0) is 29.8 Å². The van der Waals surface area contributed by atoms with Gasteiger partial charge in [0.15, 0.2) is 0 Å². The Balaban J connectivity index is 1.43. The molecule has 3 aromatic rings. The number of carbonyl (C=O) groups excluding carboxylic acids is 3. The van der Waals surface area contributed by atoms with Crippen LogP contribution in [0.2, 0.25) is 5.02 Å². The molecule has 0 radical (unpaired) electrons. The normalized spacial score (nSPS) is 17.2. The first-order valence-electron chi connectivity index (χ1n) is 10.7. The van der Waals surface area contributed by atoms with Crippen molar-refractivity contribution in [2.45, 2.75) is 6.54 Å². The van der Waals surface area contributed by atoms with E-state index in [-0.39, 0.29) is 28.8 Å². The molecule has 2 heterocycles. The van der Waals surface area contributed by atoms with Crippen molar-refractivity contribution < 1.29 is 14.4 Å². The zero-order valence-corrected chi connectivity index (χ0v) is 20.6. The van der Waals surface area contributed by atoms with E-state index < -0.39 is 5.91 Å². The second kappa shape index (κ2) is 9.65. The highest BCUT2D eigenvalue weighted by molar-refractivity contribution is 8.26. The van der Waals surface area contributed by atoms with Crippen molar-refractivity contribution in [3.8, 4) is 0 Å². The predicted octanol–water partition coefficient (Wildman–Crippen LogP) is 5.10. The van der Waals surface area contributed by atoms with Crippen LogP contribution in [-0.2, 0) is 20.9 Å². The van der Waals surface area contributed by atoms with E-state index in [4.69, 9.17) is 23.8 Å². The number of thioether (sulfide) groups is 1. The smallest absolute Gasteiger partial charge is 0.267 e. The number of thiocarbonyl (C=S) groups is 1. The monoisotopic (exact) mass is 519 g/mol. The van der Waals surface area contributed by atoms with Crippen LogP contribution in [0.3, 0.4) is 0 Å². The lowest BCUT2D eigenvalue weighted by Crippen LogP contribution is -2.35. The SMILES string of the molecule is O=C(CN1C(=O)C(=C2SC(=S)N(Cc3ccccc3)C2=O)c2ccccc21)Nc1cccc(Cl)c1. The maximum absolute atomic E-state index is 13.5. The Labute approximate surface area is 216 Å². The number of para-hydroxylation sites is 1. The number of carbonyl (C=O) groups is 3. The van der Waals surface area contributed by atoms with Gasteiger partial charge in [0, 0.05) is 16.3 Å². The number of amides is 3. The molecular weight excluding hydrogens is 502 g/mol. The largest absolute Gasteiger partial charge is 0.324 e. The molecule has 1 saturated heterocycles. The molecule has 0 saturated carbocycles. The fourth-order valence-electron chi connectivity index (χ4n) is 4.02. The van der Waals surface area contributed by atoms with E-state index in [2.05, 4.69) is 5.32 Å². The van der Waals surface area contributed by atoms with Gasteiger partial charge in [-0.25, -0.2) is 0 Å². The Kier molecular flexibility index (Phi) is 6.42. The molecule has 5 rings (SSSR count). The van der Waals surface area contributed by atoms with Crippen LogP contribution in [0.5, 0.6) is 0 Å². The Morgan fingerprint density at radius 1 is 0.914 bits per heavy atom. The average molecular weight is 520 g/mol. The summed E-state index contributed by atoms with van der Waals surface area (Å²) in [6.07, 6.45) is 0. The molecule has 174 valence electrons. The second-order valence-electron chi connectivity index (χ2n) is 7.92. The maximum atomic E-state index is 13.5. The zero-order chi connectivity index (χ0) is 24.5. The van der Waals surface area contributed by atoms with Crippen LogP contribution in [-0.4, -0.2) is 33.5 Å². The lowest BCUT2D eigenvalue weighted by atomic mass is 10.1. The Bertz CT molecular complexity index is 1410. The first kappa shape index (κ1) is 23.3. The van der Waals surface area contributed by atoms with E-state index in [1.165, 1.54) is 9.80 Å². The highest BCUT2D eigenvalue weighted by atomic mass is 35.5. The van der Waals surface area contributed by atoms with E-state index in [1.54, 1.807) is 48.5 Å². The molecular formula is C26H18ClN3O3S2. The van der Waals surface area contributed by atoms with E-state index in [1.807, 2.05) is 30.3 Å². The standard InChI is InChI=1S/C26H18ClN3O3S2/c27-17-9-6-10-18(13-17)28-21(31)15-29-20-12-5-4-11-19(20)22(24(29)32)23-25(33)30(26(34)35-23)14-16-7-2-1-3-8-16/h1-13H,14-15H2,(H,28,31). The second-order valence-corrected chi connectivity index (χ2v) is 10.00. The van der Waals surface area contributed by atoms with Gasteiger partial charge in [-0.15, -0.1) is 0 Å². The van der Waals surface area contributed by atoms with Gasteiger partial charge < -0.3 is 5.32 Å². The van der Waals surface area contributed by atoms with Gasteiger partial charge in [0.1, 0.15) is 10.9 Å². The molecule has 0 unspecified atom stereocenters. The highest BCUT2D eigenvalue weighted by Gasteiger charge is 2.42. The summed E-state index contributed by atoms with van der Waals surface area (Å²) in [5, 5.41) is 3.25. The van der Waals surface area contributed by atoms with E-state index >= 15 is 0 Å². The van der Waals surface area contributed by atoms with Crippen molar-refractivity contribution in [3.63, 3.8) is 0 Å². The first-order chi connectivity index (χ1) is 16.9. The van der Waals surface area contributed by atoms with Gasteiger partial charge in [0.25, 0.3) is 11.8 Å². The first-order valence-corrected chi connectivity index (χ1v) is 12.3. The van der Waals surface area contributed by atoms with Gasteiger partial charge >= 0.3 is 0 Å². The number of halogens is 1. The molecule has 0 spiro atoms. The third-order valence-electron chi connectivity index (χ3n) is 5.59. The summed E-state index contributed by atoms with van der Waals surface area (Å²) in [4.78, 5) is 42.8. The molecule has 2 aliphatic heterocycles. The number of anilines is 2. The summed E-state index contributed by atoms with van der Waals surface area (Å²) in [6.45, 7) is 0.111. The zero-order valence-electron chi connectivity index (χ0n) is 18.2. The third-order valence-corrected chi connectivity index (χ3v) is 7.28. The maximum Gasteiger partial charge on any atom is 0.267 e. The lowest BCUT2D eigenvalue weighted by molar-refractivity contribution is -0.122. The van der Waals surface area contributed by atoms with Gasteiger partial charge in [-0.1, -0.05) is 90.2 Å². The van der Waals surface area contributed by atoms with Gasteiger partial charge in [0.2, 0.25) is 5.91 Å². The van der Waals surface area contributed by atoms with E-state index in [9.17, 15) is 14.4 Å². The Morgan fingerprint density at radius 2 is 1.66 bits per heavy atom. The van der Waals surface area contributed by atoms with Crippen LogP contribution in [0.1, 0.15) is 11.1 Å². The van der Waals surface area contributed by atoms with Crippen molar-refractivity contribution in [2.24, 2.45) is 0 Å². The van der Waals surface area contributed by atoms with E-state index in [0.29, 0.717) is 32.8 Å². The van der Waals surface area contributed by atoms with Gasteiger partial charge in [-0.3, -0.25) is 24.2 Å². The van der Waals surface area contributed by atoms with Crippen molar-refractivity contribution >= 4 is 74.6 Å². The molecule has 2 aliphatic rings. The van der Waals surface area contributed by atoms with Gasteiger partial charge in [-0.2, -0.15) is 0 Å². The molecule has 35 heavy (non-hydrogen) atoms. The molecule has 3 aromatic carbocycles. The molecule has 1 N–H and O–H groups in total. The van der Waals surface area contributed by atoms with Crippen LogP contribution in [0.15, 0.2) is 83.8 Å². The fraction of sp³-hybridized carbons (Fsp3) is 0.0769. The van der Waals surface area contributed by atoms with Crippen LogP contribution in [0.25, 0.3) is 5.57 Å². The van der Waals surface area contributed by atoms with Crippen molar-refractivity contribution in [2.75, 3.05) is 16.8 Å². The minimum atomic E-state index is -0.410.